The number of piperazine rings is 1. The Labute approximate surface area is 243 Å². The van der Waals surface area contributed by atoms with Crippen molar-refractivity contribution in [3.8, 4) is 17.2 Å². The first-order valence-corrected chi connectivity index (χ1v) is 13.8. The van der Waals surface area contributed by atoms with Gasteiger partial charge in [-0.15, -0.1) is 0 Å². The maximum Gasteiger partial charge on any atom is 0.328 e. The maximum absolute atomic E-state index is 10.7. The summed E-state index contributed by atoms with van der Waals surface area (Å²) in [5.41, 5.74) is 4.13. The number of aliphatic carboxylic acids is 1. The zero-order chi connectivity index (χ0) is 29.1. The van der Waals surface area contributed by atoms with Crippen LogP contribution >= 0.6 is 0 Å². The summed E-state index contributed by atoms with van der Waals surface area (Å²) in [7, 11) is 1.91. The van der Waals surface area contributed by atoms with Crippen LogP contribution in [0.1, 0.15) is 11.1 Å². The normalized spacial score (nSPS) is 16.3. The van der Waals surface area contributed by atoms with Crippen LogP contribution in [-0.4, -0.2) is 81.8 Å². The van der Waals surface area contributed by atoms with E-state index >= 15 is 0 Å². The lowest BCUT2D eigenvalue weighted by atomic mass is 10.2. The van der Waals surface area contributed by atoms with Gasteiger partial charge in [-0.25, -0.2) is 19.7 Å². The Morgan fingerprint density at radius 2 is 2.19 bits per heavy atom. The number of fused-ring (bicyclic) bond motifs is 5. The topological polar surface area (TPSA) is 138 Å². The molecule has 42 heavy (non-hydrogen) atoms. The summed E-state index contributed by atoms with van der Waals surface area (Å²) >= 11 is 0. The number of pyridine rings is 2. The number of rotatable bonds is 9. The van der Waals surface area contributed by atoms with Crippen LogP contribution in [0.4, 0.5) is 17.3 Å². The second-order valence-electron chi connectivity index (χ2n) is 10.5. The summed E-state index contributed by atoms with van der Waals surface area (Å²) in [6.07, 6.45) is 7.73. The molecule has 2 bridgehead atoms. The Morgan fingerprint density at radius 3 is 3.05 bits per heavy atom. The van der Waals surface area contributed by atoms with Gasteiger partial charge in [0.2, 0.25) is 0 Å². The number of nitrogens with one attached hydrogen (secondary N) is 2. The van der Waals surface area contributed by atoms with Crippen molar-refractivity contribution in [1.82, 2.24) is 30.2 Å². The Hall–Kier alpha value is -4.81. The van der Waals surface area contributed by atoms with Crippen molar-refractivity contribution in [2.24, 2.45) is 0 Å². The molecular weight excluding hydrogens is 536 g/mol. The van der Waals surface area contributed by atoms with E-state index in [9.17, 15) is 4.79 Å². The van der Waals surface area contributed by atoms with Crippen molar-refractivity contribution in [3.05, 3.63) is 72.3 Å². The van der Waals surface area contributed by atoms with Crippen LogP contribution in [0, 0.1) is 6.92 Å². The van der Waals surface area contributed by atoms with Gasteiger partial charge in [0.05, 0.1) is 17.8 Å². The summed E-state index contributed by atoms with van der Waals surface area (Å²) in [4.78, 5) is 33.2. The van der Waals surface area contributed by atoms with E-state index < -0.39 is 5.97 Å². The first-order chi connectivity index (χ1) is 20.4. The Balaban J connectivity index is 1.17. The predicted octanol–water partition coefficient (Wildman–Crippen LogP) is 3.51. The number of carbonyl (C=O) groups is 1. The van der Waals surface area contributed by atoms with Crippen LogP contribution in [0.5, 0.6) is 17.2 Å². The zero-order valence-electron chi connectivity index (χ0n) is 23.4. The van der Waals surface area contributed by atoms with Crippen LogP contribution in [0.3, 0.4) is 0 Å². The second kappa shape index (κ2) is 12.0. The van der Waals surface area contributed by atoms with Crippen LogP contribution in [0.2, 0.25) is 0 Å². The minimum Gasteiger partial charge on any atom is -0.488 e. The molecule has 12 heteroatoms. The van der Waals surface area contributed by atoms with Crippen molar-refractivity contribution < 1.29 is 19.4 Å². The summed E-state index contributed by atoms with van der Waals surface area (Å²) in [5, 5.41) is 15.7. The average molecular weight is 569 g/mol. The van der Waals surface area contributed by atoms with E-state index in [1.165, 1.54) is 6.33 Å². The number of hydrogen-bond donors (Lipinski definition) is 3. The molecule has 0 spiro atoms. The van der Waals surface area contributed by atoms with Gasteiger partial charge in [0, 0.05) is 56.8 Å². The van der Waals surface area contributed by atoms with Gasteiger partial charge in [0.15, 0.2) is 17.4 Å². The molecule has 1 saturated heterocycles. The monoisotopic (exact) mass is 568 g/mol. The molecule has 3 aromatic heterocycles. The molecule has 3 N–H and O–H groups in total. The number of aryl methyl sites for hydroxylation is 1. The van der Waals surface area contributed by atoms with Gasteiger partial charge in [0.25, 0.3) is 0 Å². The fourth-order valence-electron chi connectivity index (χ4n) is 5.12. The molecule has 1 fully saturated rings. The largest absolute Gasteiger partial charge is 0.488 e. The first kappa shape index (κ1) is 27.4. The summed E-state index contributed by atoms with van der Waals surface area (Å²) in [5.74, 6) is 2.56. The SMILES string of the molecule is Cc1cc(Nc2ncnc3cc4c(nc23)N2CCN[C@H](CO4)C2)ccc1Oc1cncc(CN(C)C/C=C/C(=O)O)c1. The van der Waals surface area contributed by atoms with E-state index in [0.717, 1.165) is 54.1 Å². The molecule has 0 unspecified atom stereocenters. The fourth-order valence-corrected chi connectivity index (χ4v) is 5.12. The standard InChI is InChI=1S/C30H32N8O4/c1-19-10-21(5-6-25(19)42-23-11-20(13-31-14-23)15-37(2)8-3-4-27(39)40)35-29-28-24(33-18-34-29)12-26-30(36-28)38-9-7-32-22(16-38)17-41-26/h3-6,10-14,18,22,32H,7-9,15-17H2,1-2H3,(H,39,40)(H,33,34,35)/b4-3+/t22-/m0/s1. The Morgan fingerprint density at radius 1 is 1.29 bits per heavy atom. The number of ether oxygens (including phenoxy) is 2. The van der Waals surface area contributed by atoms with E-state index in [-0.39, 0.29) is 6.04 Å². The Bertz CT molecular complexity index is 1650. The minimum absolute atomic E-state index is 0.274. The van der Waals surface area contributed by atoms with Gasteiger partial charge in [0.1, 0.15) is 29.9 Å². The van der Waals surface area contributed by atoms with E-state index in [0.29, 0.717) is 48.0 Å². The third-order valence-electron chi connectivity index (χ3n) is 7.12. The molecule has 0 saturated carbocycles. The third-order valence-corrected chi connectivity index (χ3v) is 7.12. The van der Waals surface area contributed by atoms with E-state index in [1.54, 1.807) is 18.5 Å². The molecule has 1 aromatic carbocycles. The summed E-state index contributed by atoms with van der Waals surface area (Å²) in [6.45, 7) is 6.29. The van der Waals surface area contributed by atoms with Gasteiger partial charge in [-0.05, 0) is 49.4 Å². The summed E-state index contributed by atoms with van der Waals surface area (Å²) in [6, 6.07) is 9.99. The quantitative estimate of drug-likeness (QED) is 0.255. The molecule has 6 rings (SSSR count). The van der Waals surface area contributed by atoms with Gasteiger partial charge in [-0.2, -0.15) is 0 Å². The van der Waals surface area contributed by atoms with Crippen molar-refractivity contribution in [2.75, 3.05) is 50.1 Å². The molecule has 0 radical (unpaired) electrons. The zero-order valence-corrected chi connectivity index (χ0v) is 23.4. The highest BCUT2D eigenvalue weighted by Crippen LogP contribution is 2.35. The number of nitrogens with zero attached hydrogens (tertiary/aromatic N) is 6. The van der Waals surface area contributed by atoms with Crippen molar-refractivity contribution in [1.29, 1.82) is 0 Å². The number of benzene rings is 1. The van der Waals surface area contributed by atoms with E-state index in [1.807, 2.05) is 49.2 Å². The number of aromatic nitrogens is 4. The highest BCUT2D eigenvalue weighted by atomic mass is 16.5. The highest BCUT2D eigenvalue weighted by Gasteiger charge is 2.28. The van der Waals surface area contributed by atoms with Crippen LogP contribution < -0.4 is 25.0 Å². The van der Waals surface area contributed by atoms with Crippen LogP contribution in [0.25, 0.3) is 11.0 Å². The number of anilines is 3. The molecule has 216 valence electrons. The smallest absolute Gasteiger partial charge is 0.328 e. The number of likely N-dealkylation sites (N-methyl/N-ethyl adjacent to an activating group) is 1. The van der Waals surface area contributed by atoms with Crippen molar-refractivity contribution in [2.45, 2.75) is 19.5 Å². The lowest BCUT2D eigenvalue weighted by Crippen LogP contribution is -2.51. The lowest BCUT2D eigenvalue weighted by Gasteiger charge is -2.31. The predicted molar refractivity (Wildman–Crippen MR) is 159 cm³/mol. The van der Waals surface area contributed by atoms with Gasteiger partial charge < -0.3 is 30.1 Å². The minimum atomic E-state index is -0.957. The van der Waals surface area contributed by atoms with E-state index in [4.69, 9.17) is 19.6 Å². The molecule has 1 atom stereocenters. The highest BCUT2D eigenvalue weighted by molar-refractivity contribution is 5.90. The number of hydrogen-bond acceptors (Lipinski definition) is 11. The van der Waals surface area contributed by atoms with Gasteiger partial charge in [-0.1, -0.05) is 6.08 Å². The van der Waals surface area contributed by atoms with Gasteiger partial charge in [-0.3, -0.25) is 9.88 Å². The number of carboxylic acids is 1. The Kier molecular flexibility index (Phi) is 7.80. The number of carboxylic acid groups (broad SMARTS) is 1. The molecule has 4 aromatic rings. The van der Waals surface area contributed by atoms with Gasteiger partial charge >= 0.3 is 5.97 Å². The van der Waals surface area contributed by atoms with Crippen molar-refractivity contribution in [3.63, 3.8) is 0 Å². The molecule has 2 aliphatic heterocycles. The molecular formula is C30H32N8O4. The summed E-state index contributed by atoms with van der Waals surface area (Å²) < 4.78 is 12.2. The lowest BCUT2D eigenvalue weighted by molar-refractivity contribution is -0.131. The molecule has 12 nitrogen and oxygen atoms in total. The fraction of sp³-hybridized carbons (Fsp3) is 0.300. The maximum atomic E-state index is 10.7. The molecule has 0 amide bonds. The average Bonchev–Trinajstić information content (AvgIpc) is 3.08. The third kappa shape index (κ3) is 6.24. The molecule has 2 aliphatic rings. The molecule has 5 heterocycles. The van der Waals surface area contributed by atoms with Crippen molar-refractivity contribution >= 4 is 34.3 Å². The van der Waals surface area contributed by atoms with Crippen LogP contribution in [-0.2, 0) is 11.3 Å². The second-order valence-corrected chi connectivity index (χ2v) is 10.5. The first-order valence-electron chi connectivity index (χ1n) is 13.8. The van der Waals surface area contributed by atoms with E-state index in [2.05, 4.69) is 30.5 Å². The van der Waals surface area contributed by atoms with Crippen LogP contribution in [0.15, 0.2) is 61.2 Å². The molecule has 0 aliphatic carbocycles.